The number of nitrogens with zero attached hydrogens (tertiary/aromatic N) is 3. The van der Waals surface area contributed by atoms with Crippen molar-refractivity contribution < 1.29 is 14.7 Å². The average molecular weight is 440 g/mol. The summed E-state index contributed by atoms with van der Waals surface area (Å²) in [5, 5.41) is 18.9. The van der Waals surface area contributed by atoms with E-state index in [1.54, 1.807) is 25.1 Å². The van der Waals surface area contributed by atoms with Crippen molar-refractivity contribution in [3.63, 3.8) is 0 Å². The van der Waals surface area contributed by atoms with E-state index in [-0.39, 0.29) is 22.4 Å². The smallest absolute Gasteiger partial charge is 0.282 e. The minimum atomic E-state index is -0.668. The van der Waals surface area contributed by atoms with Crippen LogP contribution in [0.5, 0.6) is 5.75 Å². The van der Waals surface area contributed by atoms with Crippen LogP contribution in [0.1, 0.15) is 43.1 Å². The number of amides is 2. The lowest BCUT2D eigenvalue weighted by molar-refractivity contribution is 0.0616. The Bertz CT molecular complexity index is 1580. The van der Waals surface area contributed by atoms with Crippen molar-refractivity contribution in [1.29, 1.82) is 0 Å². The molecule has 0 fully saturated rings. The van der Waals surface area contributed by atoms with Crippen molar-refractivity contribution in [3.8, 4) is 11.4 Å². The molecule has 1 aromatic heterocycles. The van der Waals surface area contributed by atoms with Crippen LogP contribution in [0.4, 0.5) is 0 Å². The number of aromatic nitrogens is 2. The van der Waals surface area contributed by atoms with Crippen molar-refractivity contribution >= 4 is 28.8 Å². The Kier molecular flexibility index (Phi) is 4.52. The first-order valence-corrected chi connectivity index (χ1v) is 10.3. The van der Waals surface area contributed by atoms with Gasteiger partial charge in [0.2, 0.25) is 0 Å². The highest BCUT2D eigenvalue weighted by Crippen LogP contribution is 2.33. The second-order valence-electron chi connectivity index (χ2n) is 8.14. The molecule has 0 saturated heterocycles. The second-order valence-corrected chi connectivity index (χ2v) is 8.14. The van der Waals surface area contributed by atoms with Gasteiger partial charge in [-0.3, -0.25) is 19.5 Å². The van der Waals surface area contributed by atoms with E-state index < -0.39 is 11.8 Å². The number of aromatic hydroxyl groups is 1. The molecule has 5 rings (SSSR count). The molecule has 0 saturated carbocycles. The van der Waals surface area contributed by atoms with Crippen molar-refractivity contribution in [2.24, 2.45) is 5.10 Å². The molecule has 164 valence electrons. The van der Waals surface area contributed by atoms with Crippen LogP contribution in [-0.2, 0) is 0 Å². The topological polar surface area (TPSA) is 108 Å². The third kappa shape index (κ3) is 3.15. The minimum Gasteiger partial charge on any atom is -0.508 e. The van der Waals surface area contributed by atoms with Gasteiger partial charge in [-0.2, -0.15) is 10.1 Å². The lowest BCUT2D eigenvalue weighted by atomic mass is 9.94. The number of aryl methyl sites for hydroxylation is 3. The molecule has 2 N–H and O–H groups in total. The van der Waals surface area contributed by atoms with Gasteiger partial charge in [-0.25, -0.2) is 4.68 Å². The summed E-state index contributed by atoms with van der Waals surface area (Å²) in [7, 11) is 0. The largest absolute Gasteiger partial charge is 0.508 e. The number of hydrogen-bond donors (Lipinski definition) is 2. The SMILES string of the molecule is Cc1ccc(-n2[nH]c(C)c(C=NN3C(=O)c4cccc5cc(O)cc(c45)C3=O)c2=O)c(C)c1. The maximum atomic E-state index is 13.1. The summed E-state index contributed by atoms with van der Waals surface area (Å²) in [4.78, 5) is 39.2. The van der Waals surface area contributed by atoms with Gasteiger partial charge in [0.1, 0.15) is 5.75 Å². The van der Waals surface area contributed by atoms with Crippen LogP contribution in [0.2, 0.25) is 0 Å². The Labute approximate surface area is 188 Å². The van der Waals surface area contributed by atoms with E-state index >= 15 is 0 Å². The lowest BCUT2D eigenvalue weighted by Gasteiger charge is -2.23. The molecule has 4 aromatic rings. The summed E-state index contributed by atoms with van der Waals surface area (Å²) >= 11 is 0. The number of benzene rings is 3. The molecular formula is C25H20N4O4. The molecule has 0 unspecified atom stereocenters. The van der Waals surface area contributed by atoms with Crippen LogP contribution in [-0.4, -0.2) is 37.9 Å². The molecular weight excluding hydrogens is 420 g/mol. The molecule has 2 amide bonds. The van der Waals surface area contributed by atoms with Gasteiger partial charge in [0, 0.05) is 11.1 Å². The second kappa shape index (κ2) is 7.30. The Balaban J connectivity index is 1.57. The maximum absolute atomic E-state index is 13.1. The van der Waals surface area contributed by atoms with Gasteiger partial charge in [-0.05, 0) is 56.0 Å². The van der Waals surface area contributed by atoms with E-state index in [1.165, 1.54) is 23.0 Å². The molecule has 0 atom stereocenters. The highest BCUT2D eigenvalue weighted by molar-refractivity contribution is 6.25. The number of hydrogen-bond acceptors (Lipinski definition) is 5. The number of hydrazone groups is 1. The summed E-state index contributed by atoms with van der Waals surface area (Å²) in [6.45, 7) is 5.61. The molecule has 3 aromatic carbocycles. The van der Waals surface area contributed by atoms with Crippen LogP contribution < -0.4 is 5.56 Å². The van der Waals surface area contributed by atoms with Crippen molar-refractivity contribution in [2.45, 2.75) is 20.8 Å². The Hall–Kier alpha value is -4.46. The zero-order chi connectivity index (χ0) is 23.4. The predicted molar refractivity (Wildman–Crippen MR) is 124 cm³/mol. The fraction of sp³-hybridized carbons (Fsp3) is 0.120. The van der Waals surface area contributed by atoms with Crippen molar-refractivity contribution in [2.75, 3.05) is 0 Å². The summed E-state index contributed by atoms with van der Waals surface area (Å²) in [6.07, 6.45) is 1.22. The average Bonchev–Trinajstić information content (AvgIpc) is 3.05. The molecule has 0 bridgehead atoms. The number of carbonyl (C=O) groups excluding carboxylic acids is 2. The van der Waals surface area contributed by atoms with Gasteiger partial charge < -0.3 is 5.11 Å². The van der Waals surface area contributed by atoms with E-state index in [0.29, 0.717) is 27.7 Å². The number of phenols is 1. The van der Waals surface area contributed by atoms with E-state index in [4.69, 9.17) is 0 Å². The zero-order valence-corrected chi connectivity index (χ0v) is 18.2. The molecule has 0 radical (unpaired) electrons. The minimum absolute atomic E-state index is 0.0842. The Morgan fingerprint density at radius 1 is 0.939 bits per heavy atom. The standard InChI is InChI=1S/C25H20N4O4/c1-13-7-8-21(14(2)9-13)28-25(33)20(15(3)27-28)12-26-29-23(31)18-6-4-5-16-10-17(30)11-19(22(16)18)24(29)32/h4-12,27,30H,1-3H3. The number of phenolic OH excluding ortho intramolecular Hbond substituents is 1. The quantitative estimate of drug-likeness (QED) is 0.375. The first kappa shape index (κ1) is 20.4. The van der Waals surface area contributed by atoms with Gasteiger partial charge >= 0.3 is 0 Å². The van der Waals surface area contributed by atoms with Gasteiger partial charge in [0.05, 0.1) is 28.6 Å². The molecule has 2 heterocycles. The Morgan fingerprint density at radius 2 is 1.70 bits per heavy atom. The summed E-state index contributed by atoms with van der Waals surface area (Å²) in [5.74, 6) is -1.35. The van der Waals surface area contributed by atoms with Crippen LogP contribution in [0.25, 0.3) is 16.5 Å². The van der Waals surface area contributed by atoms with E-state index in [1.807, 2.05) is 32.0 Å². The summed E-state index contributed by atoms with van der Waals surface area (Å²) in [6, 6.07) is 13.6. The number of carbonyl (C=O) groups is 2. The maximum Gasteiger partial charge on any atom is 0.282 e. The molecule has 1 aliphatic heterocycles. The number of rotatable bonds is 3. The fourth-order valence-corrected chi connectivity index (χ4v) is 4.24. The van der Waals surface area contributed by atoms with Gasteiger partial charge in [0.25, 0.3) is 17.4 Å². The lowest BCUT2D eigenvalue weighted by Crippen LogP contribution is -2.36. The van der Waals surface area contributed by atoms with Crippen LogP contribution in [0.15, 0.2) is 58.4 Å². The summed E-state index contributed by atoms with van der Waals surface area (Å²) in [5.41, 5.74) is 3.62. The summed E-state index contributed by atoms with van der Waals surface area (Å²) < 4.78 is 1.42. The fourth-order valence-electron chi connectivity index (χ4n) is 4.24. The van der Waals surface area contributed by atoms with E-state index in [0.717, 1.165) is 16.1 Å². The normalized spacial score (nSPS) is 13.5. The van der Waals surface area contributed by atoms with Crippen LogP contribution in [0.3, 0.4) is 0 Å². The predicted octanol–water partition coefficient (Wildman–Crippen LogP) is 3.58. The highest BCUT2D eigenvalue weighted by atomic mass is 16.3. The third-order valence-electron chi connectivity index (χ3n) is 5.82. The number of H-pyrrole nitrogens is 1. The molecule has 8 nitrogen and oxygen atoms in total. The monoisotopic (exact) mass is 440 g/mol. The molecule has 33 heavy (non-hydrogen) atoms. The molecule has 8 heteroatoms. The number of imide groups is 1. The van der Waals surface area contributed by atoms with Crippen LogP contribution >= 0.6 is 0 Å². The zero-order valence-electron chi connectivity index (χ0n) is 18.2. The number of aromatic amines is 1. The van der Waals surface area contributed by atoms with Crippen molar-refractivity contribution in [1.82, 2.24) is 14.8 Å². The Morgan fingerprint density at radius 3 is 2.45 bits per heavy atom. The van der Waals surface area contributed by atoms with E-state index in [9.17, 15) is 19.5 Å². The van der Waals surface area contributed by atoms with Gasteiger partial charge in [-0.1, -0.05) is 29.8 Å². The van der Waals surface area contributed by atoms with Gasteiger partial charge in [0.15, 0.2) is 0 Å². The van der Waals surface area contributed by atoms with E-state index in [2.05, 4.69) is 10.2 Å². The van der Waals surface area contributed by atoms with Crippen molar-refractivity contribution in [3.05, 3.63) is 92.4 Å². The highest BCUT2D eigenvalue weighted by Gasteiger charge is 2.33. The molecule has 0 aliphatic carbocycles. The third-order valence-corrected chi connectivity index (χ3v) is 5.82. The molecule has 1 aliphatic rings. The van der Waals surface area contributed by atoms with Gasteiger partial charge in [-0.15, -0.1) is 0 Å². The van der Waals surface area contributed by atoms with Crippen LogP contribution in [0, 0.1) is 20.8 Å². The number of nitrogens with one attached hydrogen (secondary N) is 1. The first-order chi connectivity index (χ1) is 15.8. The molecule has 0 spiro atoms. The first-order valence-electron chi connectivity index (χ1n) is 10.3.